The zero-order chi connectivity index (χ0) is 26.8. The zero-order valence-electron chi connectivity index (χ0n) is 20.6. The number of carbonyl (C=O) groups excluding carboxylic acids is 1. The number of halogens is 2. The van der Waals surface area contributed by atoms with Gasteiger partial charge in [-0.2, -0.15) is 8.78 Å². The van der Waals surface area contributed by atoms with Crippen molar-refractivity contribution in [3.8, 4) is 11.5 Å². The van der Waals surface area contributed by atoms with Crippen molar-refractivity contribution < 1.29 is 18.0 Å². The van der Waals surface area contributed by atoms with E-state index in [9.17, 15) is 13.6 Å². The Bertz CT molecular complexity index is 1570. The predicted molar refractivity (Wildman–Crippen MR) is 137 cm³/mol. The van der Waals surface area contributed by atoms with E-state index >= 15 is 0 Å². The van der Waals surface area contributed by atoms with Crippen LogP contribution in [0.2, 0.25) is 0 Å². The number of piperazine rings is 1. The average Bonchev–Trinajstić information content (AvgIpc) is 3.64. The van der Waals surface area contributed by atoms with Crippen LogP contribution in [0.1, 0.15) is 18.0 Å². The molecule has 198 valence electrons. The summed E-state index contributed by atoms with van der Waals surface area (Å²) in [5, 5.41) is 7.09. The van der Waals surface area contributed by atoms with Crippen LogP contribution >= 0.6 is 0 Å². The van der Waals surface area contributed by atoms with Crippen LogP contribution < -0.4 is 9.80 Å². The molecule has 5 aromatic rings. The van der Waals surface area contributed by atoms with Crippen LogP contribution in [0.5, 0.6) is 0 Å². The van der Waals surface area contributed by atoms with Gasteiger partial charge in [-0.25, -0.2) is 19.7 Å². The molecule has 11 nitrogen and oxygen atoms in total. The molecule has 1 aromatic carbocycles. The topological polar surface area (TPSA) is 109 Å². The molecule has 1 aliphatic heterocycles. The number of amides is 2. The number of anilines is 2. The summed E-state index contributed by atoms with van der Waals surface area (Å²) in [4.78, 5) is 32.6. The van der Waals surface area contributed by atoms with Gasteiger partial charge in [0.1, 0.15) is 5.65 Å². The maximum atomic E-state index is 13.7. The first kappa shape index (κ1) is 24.4. The molecule has 0 radical (unpaired) electrons. The fraction of sp³-hybridized carbons (Fsp3) is 0.231. The largest absolute Gasteiger partial charge is 0.415 e. The minimum absolute atomic E-state index is 0.0153. The van der Waals surface area contributed by atoms with E-state index < -0.39 is 12.3 Å². The smallest absolute Gasteiger partial charge is 0.324 e. The standard InChI is InChI=1S/C26H23F2N9O2/c27-22(28)24-33-32-23(39-24)18-7-10-36-16-19(31-21(36)15-18)17-37(20-5-2-1-3-6-20)26(38)35-13-11-34(12-14-35)25-29-8-4-9-30-25/h1-10,15-16,22H,11-14,17H2. The van der Waals surface area contributed by atoms with Crippen LogP contribution in [0.4, 0.5) is 25.2 Å². The van der Waals surface area contributed by atoms with Gasteiger partial charge in [0, 0.05) is 62.2 Å². The maximum Gasteiger partial charge on any atom is 0.324 e. The quantitative estimate of drug-likeness (QED) is 0.323. The molecule has 0 atom stereocenters. The summed E-state index contributed by atoms with van der Waals surface area (Å²) in [6, 6.07) is 14.4. The Balaban J connectivity index is 1.22. The molecule has 13 heteroatoms. The number of rotatable bonds is 6. The Morgan fingerprint density at radius 1 is 1.00 bits per heavy atom. The molecule has 6 rings (SSSR count). The number of alkyl halides is 2. The van der Waals surface area contributed by atoms with E-state index in [0.717, 1.165) is 5.69 Å². The van der Waals surface area contributed by atoms with Crippen molar-refractivity contribution in [3.63, 3.8) is 0 Å². The number of para-hydroxylation sites is 1. The minimum Gasteiger partial charge on any atom is -0.415 e. The van der Waals surface area contributed by atoms with E-state index in [1.807, 2.05) is 41.4 Å². The molecule has 39 heavy (non-hydrogen) atoms. The van der Waals surface area contributed by atoms with Gasteiger partial charge in [0.25, 0.3) is 5.89 Å². The number of pyridine rings is 1. The van der Waals surface area contributed by atoms with E-state index in [1.54, 1.807) is 46.1 Å². The van der Waals surface area contributed by atoms with Gasteiger partial charge in [-0.1, -0.05) is 18.2 Å². The molecule has 0 aliphatic carbocycles. The highest BCUT2D eigenvalue weighted by molar-refractivity contribution is 5.92. The monoisotopic (exact) mass is 531 g/mol. The maximum absolute atomic E-state index is 13.7. The molecule has 1 fully saturated rings. The Morgan fingerprint density at radius 3 is 2.49 bits per heavy atom. The Kier molecular flexibility index (Phi) is 6.53. The fourth-order valence-electron chi connectivity index (χ4n) is 4.45. The van der Waals surface area contributed by atoms with Crippen molar-refractivity contribution in [2.75, 3.05) is 36.0 Å². The van der Waals surface area contributed by atoms with Crippen molar-refractivity contribution in [2.24, 2.45) is 0 Å². The second-order valence-electron chi connectivity index (χ2n) is 8.89. The third kappa shape index (κ3) is 5.10. The lowest BCUT2D eigenvalue weighted by Crippen LogP contribution is -2.53. The second kappa shape index (κ2) is 10.4. The highest BCUT2D eigenvalue weighted by Crippen LogP contribution is 2.25. The summed E-state index contributed by atoms with van der Waals surface area (Å²) in [5.41, 5.74) is 2.42. The predicted octanol–water partition coefficient (Wildman–Crippen LogP) is 4.06. The molecular formula is C26H23F2N9O2. The second-order valence-corrected chi connectivity index (χ2v) is 8.89. The summed E-state index contributed by atoms with van der Waals surface area (Å²) in [5.74, 6) is -0.0962. The number of imidazole rings is 1. The molecule has 1 aliphatic rings. The van der Waals surface area contributed by atoms with Crippen LogP contribution in [-0.4, -0.2) is 66.7 Å². The van der Waals surface area contributed by atoms with Crippen molar-refractivity contribution in [1.29, 1.82) is 0 Å². The van der Waals surface area contributed by atoms with E-state index in [0.29, 0.717) is 49.0 Å². The van der Waals surface area contributed by atoms with Gasteiger partial charge < -0.3 is 18.6 Å². The molecule has 2 amide bonds. The van der Waals surface area contributed by atoms with E-state index in [2.05, 4.69) is 30.0 Å². The first-order valence-corrected chi connectivity index (χ1v) is 12.3. The van der Waals surface area contributed by atoms with Crippen LogP contribution in [0.15, 0.2) is 77.7 Å². The lowest BCUT2D eigenvalue weighted by molar-refractivity contribution is 0.116. The van der Waals surface area contributed by atoms with Crippen molar-refractivity contribution in [2.45, 2.75) is 13.0 Å². The van der Waals surface area contributed by atoms with Crippen LogP contribution in [0.3, 0.4) is 0 Å². The summed E-state index contributed by atoms with van der Waals surface area (Å²) in [7, 11) is 0. The van der Waals surface area contributed by atoms with Crippen molar-refractivity contribution in [3.05, 3.63) is 84.9 Å². The van der Waals surface area contributed by atoms with Gasteiger partial charge in [-0.3, -0.25) is 4.90 Å². The number of aromatic nitrogens is 6. The number of benzene rings is 1. The Labute approximate surface area is 221 Å². The summed E-state index contributed by atoms with van der Waals surface area (Å²) >= 11 is 0. The lowest BCUT2D eigenvalue weighted by Gasteiger charge is -2.37. The van der Waals surface area contributed by atoms with Crippen LogP contribution in [0, 0.1) is 0 Å². The molecule has 0 bridgehead atoms. The third-order valence-corrected chi connectivity index (χ3v) is 6.39. The normalized spacial score (nSPS) is 13.8. The molecule has 4 aromatic heterocycles. The minimum atomic E-state index is -2.84. The van der Waals surface area contributed by atoms with Gasteiger partial charge in [0.05, 0.1) is 12.2 Å². The molecule has 0 N–H and O–H groups in total. The molecular weight excluding hydrogens is 508 g/mol. The number of fused-ring (bicyclic) bond motifs is 1. The first-order chi connectivity index (χ1) is 19.0. The fourth-order valence-corrected chi connectivity index (χ4v) is 4.45. The van der Waals surface area contributed by atoms with Gasteiger partial charge in [0.2, 0.25) is 11.8 Å². The first-order valence-electron chi connectivity index (χ1n) is 12.3. The molecule has 0 unspecified atom stereocenters. The van der Waals surface area contributed by atoms with E-state index in [4.69, 9.17) is 4.42 Å². The SMILES string of the molecule is O=C(N1CCN(c2ncccn2)CC1)N(Cc1cn2ccc(-c3nnc(C(F)F)o3)cc2n1)c1ccccc1. The number of carbonyl (C=O) groups is 1. The third-order valence-electron chi connectivity index (χ3n) is 6.39. The van der Waals surface area contributed by atoms with Crippen LogP contribution in [-0.2, 0) is 6.54 Å². The Morgan fingerprint density at radius 2 is 1.77 bits per heavy atom. The van der Waals surface area contributed by atoms with Crippen LogP contribution in [0.25, 0.3) is 17.1 Å². The molecule has 1 saturated heterocycles. The van der Waals surface area contributed by atoms with Gasteiger partial charge in [0.15, 0.2) is 0 Å². The highest BCUT2D eigenvalue weighted by Gasteiger charge is 2.28. The van der Waals surface area contributed by atoms with E-state index in [-0.39, 0.29) is 18.5 Å². The highest BCUT2D eigenvalue weighted by atomic mass is 19.3. The molecule has 5 heterocycles. The summed E-state index contributed by atoms with van der Waals surface area (Å²) in [6.07, 6.45) is 4.12. The van der Waals surface area contributed by atoms with Gasteiger partial charge >= 0.3 is 12.5 Å². The lowest BCUT2D eigenvalue weighted by atomic mass is 10.2. The van der Waals surface area contributed by atoms with Gasteiger partial charge in [-0.15, -0.1) is 10.2 Å². The van der Waals surface area contributed by atoms with E-state index in [1.165, 1.54) is 0 Å². The molecule has 0 saturated carbocycles. The number of hydrogen-bond donors (Lipinski definition) is 0. The zero-order valence-corrected chi connectivity index (χ0v) is 20.6. The van der Waals surface area contributed by atoms with Crippen molar-refractivity contribution >= 4 is 23.3 Å². The number of urea groups is 1. The van der Waals surface area contributed by atoms with Gasteiger partial charge in [-0.05, 0) is 30.3 Å². The Hall–Kier alpha value is -4.94. The summed E-state index contributed by atoms with van der Waals surface area (Å²) in [6.45, 7) is 2.54. The number of nitrogens with zero attached hydrogens (tertiary/aromatic N) is 9. The summed E-state index contributed by atoms with van der Waals surface area (Å²) < 4.78 is 32.6. The average molecular weight is 532 g/mol. The van der Waals surface area contributed by atoms with Crippen molar-refractivity contribution in [1.82, 2.24) is 34.4 Å². The molecule has 0 spiro atoms. The number of hydrogen-bond acceptors (Lipinski definition) is 8.